The van der Waals surface area contributed by atoms with E-state index in [1.165, 1.54) is 18.5 Å². The number of fused-ring (bicyclic) bond motifs is 1. The Morgan fingerprint density at radius 1 is 1.24 bits per heavy atom. The van der Waals surface area contributed by atoms with Gasteiger partial charge in [0.1, 0.15) is 24.9 Å². The van der Waals surface area contributed by atoms with Crippen LogP contribution in [0.4, 0.5) is 27.6 Å². The molecule has 202 valence electrons. The van der Waals surface area contributed by atoms with Crippen molar-refractivity contribution < 1.29 is 50.9 Å². The number of likely N-dealkylation sites (tertiary alicyclic amines) is 1. The molecule has 0 saturated carbocycles. The van der Waals surface area contributed by atoms with Gasteiger partial charge in [0.05, 0.1) is 23.9 Å². The fraction of sp³-hybridized carbons (Fsp3) is 0.318. The molecule has 16 heteroatoms. The molecule has 11 nitrogen and oxygen atoms in total. The second-order valence-corrected chi connectivity index (χ2v) is 8.07. The Balaban J connectivity index is 1.60. The molecule has 1 aliphatic heterocycles. The van der Waals surface area contributed by atoms with Gasteiger partial charge in [-0.2, -0.15) is 5.10 Å². The summed E-state index contributed by atoms with van der Waals surface area (Å²) in [7, 11) is 1.08. The van der Waals surface area contributed by atoms with Crippen LogP contribution in [0.15, 0.2) is 36.7 Å². The molecule has 0 spiro atoms. The van der Waals surface area contributed by atoms with Crippen molar-refractivity contribution in [1.82, 2.24) is 19.7 Å². The topological polar surface area (TPSA) is 136 Å². The van der Waals surface area contributed by atoms with Crippen LogP contribution in [0.3, 0.4) is 0 Å². The van der Waals surface area contributed by atoms with Crippen LogP contribution in [0, 0.1) is 5.82 Å². The number of carboxylic acid groups (broad SMARTS) is 1. The molecule has 2 aromatic heterocycles. The van der Waals surface area contributed by atoms with Gasteiger partial charge in [0.15, 0.2) is 17.3 Å². The lowest BCUT2D eigenvalue weighted by Gasteiger charge is -2.26. The number of aromatic nitrogens is 3. The first-order valence-electron chi connectivity index (χ1n) is 10.8. The summed E-state index contributed by atoms with van der Waals surface area (Å²) in [6, 6.07) is 2.34. The number of pyridine rings is 1. The lowest BCUT2D eigenvalue weighted by molar-refractivity contribution is -0.275. The Labute approximate surface area is 209 Å². The SMILES string of the molecule is CO[C@H]1[C@@H](C(=O)Nc2cccc(OC(F)(F)F)c2F)N(C(=O)Cn2nc(C(=O)O)c3ccncc32)C[C@@H]1F. The maximum atomic E-state index is 14.8. The molecule has 2 amide bonds. The predicted octanol–water partition coefficient (Wildman–Crippen LogP) is 2.37. The minimum Gasteiger partial charge on any atom is -0.476 e. The van der Waals surface area contributed by atoms with Crippen molar-refractivity contribution in [2.45, 2.75) is 31.2 Å². The standard InChI is InChI=1S/C22H18F5N5O6/c1-37-19-11(23)8-31(15(33)9-32-13-7-28-6-5-10(13)17(30-32)21(35)36)18(19)20(34)29-12-3-2-4-14(16(12)24)38-22(25,26)27/h2-7,11,18-19H,8-9H2,1H3,(H,29,34)(H,35,36)/t11-,18-,19+/m0/s1. The van der Waals surface area contributed by atoms with E-state index in [1.54, 1.807) is 0 Å². The molecule has 4 rings (SSSR count). The third-order valence-electron chi connectivity index (χ3n) is 5.72. The maximum absolute atomic E-state index is 14.8. The molecule has 2 N–H and O–H groups in total. The summed E-state index contributed by atoms with van der Waals surface area (Å²) in [5.74, 6) is -6.14. The van der Waals surface area contributed by atoms with Gasteiger partial charge in [0.25, 0.3) is 0 Å². The fourth-order valence-electron chi connectivity index (χ4n) is 4.14. The van der Waals surface area contributed by atoms with Crippen molar-refractivity contribution in [3.63, 3.8) is 0 Å². The van der Waals surface area contributed by atoms with Crippen molar-refractivity contribution in [3.8, 4) is 5.75 Å². The largest absolute Gasteiger partial charge is 0.573 e. The number of amides is 2. The van der Waals surface area contributed by atoms with Gasteiger partial charge in [-0.3, -0.25) is 19.3 Å². The van der Waals surface area contributed by atoms with Gasteiger partial charge in [-0.1, -0.05) is 6.07 Å². The molecule has 38 heavy (non-hydrogen) atoms. The zero-order valence-electron chi connectivity index (χ0n) is 19.3. The van der Waals surface area contributed by atoms with Crippen molar-refractivity contribution in [2.24, 2.45) is 0 Å². The Kier molecular flexibility index (Phi) is 7.17. The summed E-state index contributed by atoms with van der Waals surface area (Å²) in [5.41, 5.74) is -0.890. The number of carboxylic acids is 1. The number of halogens is 5. The van der Waals surface area contributed by atoms with Crippen LogP contribution in [0.5, 0.6) is 5.75 Å². The normalized spacial score (nSPS) is 19.5. The second kappa shape index (κ2) is 10.2. The van der Waals surface area contributed by atoms with Crippen molar-refractivity contribution >= 4 is 34.4 Å². The van der Waals surface area contributed by atoms with Gasteiger partial charge < -0.3 is 24.8 Å². The monoisotopic (exact) mass is 543 g/mol. The molecule has 3 atom stereocenters. The molecular weight excluding hydrogens is 525 g/mol. The van der Waals surface area contributed by atoms with E-state index in [4.69, 9.17) is 4.74 Å². The Morgan fingerprint density at radius 3 is 2.63 bits per heavy atom. The number of aromatic carboxylic acids is 1. The Bertz CT molecular complexity index is 1400. The van der Waals surface area contributed by atoms with Gasteiger partial charge in [-0.25, -0.2) is 13.6 Å². The molecule has 3 heterocycles. The molecular formula is C22H18F5N5O6. The summed E-state index contributed by atoms with van der Waals surface area (Å²) < 4.78 is 76.6. The number of carbonyl (C=O) groups excluding carboxylic acids is 2. The summed E-state index contributed by atoms with van der Waals surface area (Å²) in [5, 5.41) is 15.5. The van der Waals surface area contributed by atoms with E-state index in [1.807, 2.05) is 5.32 Å². The van der Waals surface area contributed by atoms with Crippen LogP contribution < -0.4 is 10.1 Å². The van der Waals surface area contributed by atoms with Crippen molar-refractivity contribution in [1.29, 1.82) is 0 Å². The third kappa shape index (κ3) is 5.20. The van der Waals surface area contributed by atoms with E-state index in [0.29, 0.717) is 6.07 Å². The zero-order valence-corrected chi connectivity index (χ0v) is 19.3. The van der Waals surface area contributed by atoms with Crippen LogP contribution >= 0.6 is 0 Å². The molecule has 1 aliphatic rings. The van der Waals surface area contributed by atoms with Gasteiger partial charge in [0, 0.05) is 18.7 Å². The van der Waals surface area contributed by atoms with Crippen LogP contribution in [-0.2, 0) is 20.9 Å². The number of rotatable bonds is 7. The Morgan fingerprint density at radius 2 is 1.97 bits per heavy atom. The van der Waals surface area contributed by atoms with Gasteiger partial charge in [-0.05, 0) is 18.2 Å². The first kappa shape index (κ1) is 26.7. The molecule has 1 fully saturated rings. The number of alkyl halides is 4. The van der Waals surface area contributed by atoms with E-state index in [2.05, 4.69) is 14.8 Å². The van der Waals surface area contributed by atoms with E-state index >= 15 is 0 Å². The Hall–Kier alpha value is -4.34. The molecule has 1 saturated heterocycles. The molecule has 0 aliphatic carbocycles. The highest BCUT2D eigenvalue weighted by molar-refractivity contribution is 6.01. The summed E-state index contributed by atoms with van der Waals surface area (Å²) in [4.78, 5) is 42.4. The van der Waals surface area contributed by atoms with E-state index in [0.717, 1.165) is 28.8 Å². The van der Waals surface area contributed by atoms with Crippen LogP contribution in [0.1, 0.15) is 10.5 Å². The lowest BCUT2D eigenvalue weighted by atomic mass is 10.1. The number of carbonyl (C=O) groups is 3. The van der Waals surface area contributed by atoms with E-state index in [-0.39, 0.29) is 16.6 Å². The summed E-state index contributed by atoms with van der Waals surface area (Å²) >= 11 is 0. The molecule has 3 aromatic rings. The number of ether oxygens (including phenoxy) is 2. The first-order chi connectivity index (χ1) is 17.9. The zero-order chi connectivity index (χ0) is 27.8. The number of hydrogen-bond donors (Lipinski definition) is 2. The van der Waals surface area contributed by atoms with Crippen molar-refractivity contribution in [3.05, 3.63) is 48.2 Å². The number of benzene rings is 1. The highest BCUT2D eigenvalue weighted by Gasteiger charge is 2.49. The highest BCUT2D eigenvalue weighted by Crippen LogP contribution is 2.31. The van der Waals surface area contributed by atoms with Gasteiger partial charge in [0.2, 0.25) is 11.8 Å². The molecule has 0 unspecified atom stereocenters. The maximum Gasteiger partial charge on any atom is 0.573 e. The molecule has 1 aromatic carbocycles. The average Bonchev–Trinajstić information content (AvgIpc) is 3.38. The fourth-order valence-corrected chi connectivity index (χ4v) is 4.14. The van der Waals surface area contributed by atoms with Gasteiger partial charge >= 0.3 is 12.3 Å². The number of anilines is 1. The molecule has 0 radical (unpaired) electrons. The lowest BCUT2D eigenvalue weighted by Crippen LogP contribution is -2.49. The summed E-state index contributed by atoms with van der Waals surface area (Å²) in [6.45, 7) is -1.23. The minimum absolute atomic E-state index is 0.182. The van der Waals surface area contributed by atoms with Crippen LogP contribution in [-0.4, -0.2) is 80.9 Å². The number of methoxy groups -OCH3 is 1. The number of nitrogens with zero attached hydrogens (tertiary/aromatic N) is 4. The third-order valence-corrected chi connectivity index (χ3v) is 5.72. The van der Waals surface area contributed by atoms with Crippen molar-refractivity contribution in [2.75, 3.05) is 19.0 Å². The summed E-state index contributed by atoms with van der Waals surface area (Å²) in [6.07, 6.45) is -5.95. The van der Waals surface area contributed by atoms with Gasteiger partial charge in [-0.15, -0.1) is 13.2 Å². The quantitative estimate of drug-likeness (QED) is 0.434. The first-order valence-corrected chi connectivity index (χ1v) is 10.8. The van der Waals surface area contributed by atoms with E-state index in [9.17, 15) is 41.4 Å². The number of hydrogen-bond acceptors (Lipinski definition) is 7. The number of nitrogens with one attached hydrogen (secondary N) is 1. The highest BCUT2D eigenvalue weighted by atomic mass is 19.4. The van der Waals surface area contributed by atoms with Crippen LogP contribution in [0.2, 0.25) is 0 Å². The predicted molar refractivity (Wildman–Crippen MR) is 117 cm³/mol. The minimum atomic E-state index is -5.20. The van der Waals surface area contributed by atoms with Crippen LogP contribution in [0.25, 0.3) is 10.9 Å². The molecule has 0 bridgehead atoms. The average molecular weight is 543 g/mol. The smallest absolute Gasteiger partial charge is 0.476 e. The second-order valence-electron chi connectivity index (χ2n) is 8.07. The van der Waals surface area contributed by atoms with E-state index < -0.39 is 72.8 Å².